The number of hydrogen-bond acceptors (Lipinski definition) is 4. The Balaban J connectivity index is 1.96. The number of thiocarbonyl (C=S) groups is 1. The summed E-state index contributed by atoms with van der Waals surface area (Å²) in [6.45, 7) is 0.467. The van der Waals surface area contributed by atoms with E-state index in [-0.39, 0.29) is 5.25 Å². The number of hydrogen-bond donors (Lipinski definition) is 2. The molecular weight excluding hydrogens is 268 g/mol. The Morgan fingerprint density at radius 1 is 1.39 bits per heavy atom. The summed E-state index contributed by atoms with van der Waals surface area (Å²) >= 11 is 4.87. The van der Waals surface area contributed by atoms with Crippen LogP contribution in [0.4, 0.5) is 5.69 Å². The molecule has 1 heterocycles. The molecule has 0 radical (unpaired) electrons. The van der Waals surface area contributed by atoms with Crippen molar-refractivity contribution in [3.63, 3.8) is 0 Å². The van der Waals surface area contributed by atoms with Gasteiger partial charge in [-0.25, -0.2) is 8.42 Å². The van der Waals surface area contributed by atoms with Gasteiger partial charge in [0.25, 0.3) is 0 Å². The lowest BCUT2D eigenvalue weighted by molar-refractivity contribution is 0.591. The first kappa shape index (κ1) is 13.3. The molecule has 1 aliphatic heterocycles. The maximum absolute atomic E-state index is 11.7. The molecule has 0 saturated carbocycles. The van der Waals surface area contributed by atoms with E-state index in [2.05, 4.69) is 5.32 Å². The van der Waals surface area contributed by atoms with Crippen LogP contribution in [0.1, 0.15) is 18.4 Å². The van der Waals surface area contributed by atoms with E-state index in [0.717, 1.165) is 24.1 Å². The van der Waals surface area contributed by atoms with Gasteiger partial charge in [-0.15, -0.1) is 0 Å². The van der Waals surface area contributed by atoms with E-state index in [1.54, 1.807) is 0 Å². The van der Waals surface area contributed by atoms with Crippen molar-refractivity contribution in [1.82, 2.24) is 0 Å². The van der Waals surface area contributed by atoms with E-state index < -0.39 is 9.84 Å². The standard InChI is InChI=1S/C12H16N2O2S2/c13-12(17)9-3-5-10(6-4-9)14-8-11-2-1-7-18(11,15)16/h3-6,11,14H,1-2,7-8H2,(H2,13,17). The SMILES string of the molecule is NC(=S)c1ccc(NCC2CCCS2(=O)=O)cc1. The third-order valence-corrected chi connectivity index (χ3v) is 5.68. The minimum atomic E-state index is -2.88. The monoisotopic (exact) mass is 284 g/mol. The third kappa shape index (κ3) is 3.00. The summed E-state index contributed by atoms with van der Waals surface area (Å²) in [4.78, 5) is 0.361. The van der Waals surface area contributed by atoms with Gasteiger partial charge < -0.3 is 11.1 Å². The van der Waals surface area contributed by atoms with Gasteiger partial charge in [0.05, 0.1) is 11.0 Å². The number of nitrogens with two attached hydrogens (primary N) is 1. The van der Waals surface area contributed by atoms with Gasteiger partial charge in [-0.1, -0.05) is 12.2 Å². The zero-order chi connectivity index (χ0) is 13.2. The van der Waals surface area contributed by atoms with Gasteiger partial charge in [0, 0.05) is 17.8 Å². The molecule has 1 aromatic carbocycles. The van der Waals surface area contributed by atoms with E-state index in [1.165, 1.54) is 0 Å². The topological polar surface area (TPSA) is 72.2 Å². The molecule has 0 aliphatic carbocycles. The highest BCUT2D eigenvalue weighted by Gasteiger charge is 2.30. The molecule has 4 nitrogen and oxygen atoms in total. The summed E-state index contributed by atoms with van der Waals surface area (Å²) in [6, 6.07) is 7.37. The van der Waals surface area contributed by atoms with Gasteiger partial charge in [-0.05, 0) is 37.1 Å². The van der Waals surface area contributed by atoms with Crippen LogP contribution in [0.3, 0.4) is 0 Å². The normalized spacial score (nSPS) is 21.7. The molecule has 3 N–H and O–H groups in total. The number of anilines is 1. The van der Waals surface area contributed by atoms with Crippen molar-refractivity contribution in [2.45, 2.75) is 18.1 Å². The van der Waals surface area contributed by atoms with Gasteiger partial charge in [0.1, 0.15) is 4.99 Å². The average Bonchev–Trinajstić information content (AvgIpc) is 2.66. The van der Waals surface area contributed by atoms with Gasteiger partial charge in [-0.2, -0.15) is 0 Å². The zero-order valence-electron chi connectivity index (χ0n) is 9.93. The maximum Gasteiger partial charge on any atom is 0.154 e. The molecule has 0 amide bonds. The Morgan fingerprint density at radius 2 is 2.06 bits per heavy atom. The van der Waals surface area contributed by atoms with Crippen molar-refractivity contribution in [3.8, 4) is 0 Å². The summed E-state index contributed by atoms with van der Waals surface area (Å²) < 4.78 is 23.3. The van der Waals surface area contributed by atoms with E-state index in [1.807, 2.05) is 24.3 Å². The summed E-state index contributed by atoms with van der Waals surface area (Å²) in [6.07, 6.45) is 1.52. The summed E-state index contributed by atoms with van der Waals surface area (Å²) in [5.41, 5.74) is 7.20. The molecule has 1 unspecified atom stereocenters. The van der Waals surface area contributed by atoms with Crippen molar-refractivity contribution >= 4 is 32.7 Å². The van der Waals surface area contributed by atoms with Gasteiger partial charge in [0.15, 0.2) is 9.84 Å². The molecule has 1 fully saturated rings. The first-order chi connectivity index (χ1) is 8.49. The second-order valence-corrected chi connectivity index (χ2v) is 7.29. The van der Waals surface area contributed by atoms with Crippen LogP contribution in [0.2, 0.25) is 0 Å². The minimum Gasteiger partial charge on any atom is -0.389 e. The first-order valence-corrected chi connectivity index (χ1v) is 7.97. The Morgan fingerprint density at radius 3 is 2.56 bits per heavy atom. The van der Waals surface area contributed by atoms with Crippen LogP contribution >= 0.6 is 12.2 Å². The van der Waals surface area contributed by atoms with Crippen LogP contribution in [0.5, 0.6) is 0 Å². The largest absolute Gasteiger partial charge is 0.389 e. The van der Waals surface area contributed by atoms with Gasteiger partial charge >= 0.3 is 0 Å². The molecule has 1 atom stereocenters. The van der Waals surface area contributed by atoms with Crippen LogP contribution in [-0.2, 0) is 9.84 Å². The molecule has 2 rings (SSSR count). The van der Waals surface area contributed by atoms with E-state index in [4.69, 9.17) is 18.0 Å². The maximum atomic E-state index is 11.7. The molecule has 0 spiro atoms. The highest BCUT2D eigenvalue weighted by Crippen LogP contribution is 2.20. The average molecular weight is 284 g/mol. The molecule has 1 saturated heterocycles. The summed E-state index contributed by atoms with van der Waals surface area (Å²) in [5, 5.41) is 2.89. The van der Waals surface area contributed by atoms with Crippen molar-refractivity contribution in [3.05, 3.63) is 29.8 Å². The highest BCUT2D eigenvalue weighted by atomic mass is 32.2. The minimum absolute atomic E-state index is 0.257. The van der Waals surface area contributed by atoms with Gasteiger partial charge in [-0.3, -0.25) is 0 Å². The molecule has 18 heavy (non-hydrogen) atoms. The smallest absolute Gasteiger partial charge is 0.154 e. The number of nitrogens with one attached hydrogen (secondary N) is 1. The predicted octanol–water partition coefficient (Wildman–Crippen LogP) is 1.31. The van der Waals surface area contributed by atoms with Crippen molar-refractivity contribution in [2.24, 2.45) is 5.73 Å². The lowest BCUT2D eigenvalue weighted by Crippen LogP contribution is -2.25. The van der Waals surface area contributed by atoms with Crippen molar-refractivity contribution in [1.29, 1.82) is 0 Å². The lowest BCUT2D eigenvalue weighted by atomic mass is 10.2. The Kier molecular flexibility index (Phi) is 3.87. The zero-order valence-corrected chi connectivity index (χ0v) is 11.6. The first-order valence-electron chi connectivity index (χ1n) is 5.84. The summed E-state index contributed by atoms with van der Waals surface area (Å²) in [7, 11) is -2.88. The highest BCUT2D eigenvalue weighted by molar-refractivity contribution is 7.92. The Bertz CT molecular complexity index is 538. The lowest BCUT2D eigenvalue weighted by Gasteiger charge is -2.12. The molecule has 6 heteroatoms. The van der Waals surface area contributed by atoms with E-state index in [0.29, 0.717) is 17.3 Å². The van der Waals surface area contributed by atoms with Crippen LogP contribution in [0, 0.1) is 0 Å². The predicted molar refractivity (Wildman–Crippen MR) is 77.6 cm³/mol. The van der Waals surface area contributed by atoms with Crippen LogP contribution < -0.4 is 11.1 Å². The molecule has 1 aromatic rings. The van der Waals surface area contributed by atoms with Gasteiger partial charge in [0.2, 0.25) is 0 Å². The van der Waals surface area contributed by atoms with Crippen molar-refractivity contribution < 1.29 is 8.42 Å². The molecular formula is C12H16N2O2S2. The second kappa shape index (κ2) is 5.24. The number of benzene rings is 1. The third-order valence-electron chi connectivity index (χ3n) is 3.17. The Hall–Kier alpha value is -1.14. The second-order valence-electron chi connectivity index (χ2n) is 4.45. The number of rotatable bonds is 4. The molecule has 98 valence electrons. The summed E-state index contributed by atoms with van der Waals surface area (Å²) in [5.74, 6) is 0.319. The van der Waals surface area contributed by atoms with E-state index >= 15 is 0 Å². The Labute approximate surface area is 112 Å². The molecule has 0 aromatic heterocycles. The van der Waals surface area contributed by atoms with Crippen LogP contribution in [0.25, 0.3) is 0 Å². The quantitative estimate of drug-likeness (QED) is 0.816. The molecule has 1 aliphatic rings. The number of sulfone groups is 1. The fourth-order valence-electron chi connectivity index (χ4n) is 2.07. The van der Waals surface area contributed by atoms with Crippen LogP contribution in [-0.4, -0.2) is 31.0 Å². The van der Waals surface area contributed by atoms with Crippen LogP contribution in [0.15, 0.2) is 24.3 Å². The fraction of sp³-hybridized carbons (Fsp3) is 0.417. The molecule has 0 bridgehead atoms. The van der Waals surface area contributed by atoms with E-state index in [9.17, 15) is 8.42 Å². The van der Waals surface area contributed by atoms with Crippen molar-refractivity contribution in [2.75, 3.05) is 17.6 Å². The fourth-order valence-corrected chi connectivity index (χ4v) is 3.97.